The number of carbonyl (C=O) groups excluding carboxylic acids is 1. The Morgan fingerprint density at radius 2 is 2.00 bits per heavy atom. The highest BCUT2D eigenvalue weighted by Crippen LogP contribution is 2.16. The fourth-order valence-corrected chi connectivity index (χ4v) is 2.69. The summed E-state index contributed by atoms with van der Waals surface area (Å²) in [5.41, 5.74) is 9.00. The predicted molar refractivity (Wildman–Crippen MR) is 83.9 cm³/mol. The molecular formula is C14H14N2OS2. The van der Waals surface area contributed by atoms with E-state index < -0.39 is 0 Å². The molecule has 0 saturated carbocycles. The van der Waals surface area contributed by atoms with Crippen LogP contribution in [0.25, 0.3) is 0 Å². The monoisotopic (exact) mass is 290 g/mol. The van der Waals surface area contributed by atoms with Crippen LogP contribution >= 0.6 is 23.6 Å². The Bertz CT molecular complexity index is 602. The van der Waals surface area contributed by atoms with Crippen LogP contribution in [0.15, 0.2) is 35.0 Å². The number of aryl methyl sites for hydroxylation is 1. The van der Waals surface area contributed by atoms with Crippen LogP contribution in [-0.2, 0) is 6.42 Å². The van der Waals surface area contributed by atoms with Crippen LogP contribution in [0, 0.1) is 6.92 Å². The normalized spacial score (nSPS) is 10.2. The van der Waals surface area contributed by atoms with Gasteiger partial charge in [-0.2, -0.15) is 11.3 Å². The molecule has 0 aliphatic carbocycles. The molecule has 1 aromatic heterocycles. The minimum atomic E-state index is -0.0826. The van der Waals surface area contributed by atoms with Gasteiger partial charge in [-0.05, 0) is 35.6 Å². The fraction of sp³-hybridized carbons (Fsp3) is 0.143. The molecule has 3 N–H and O–H groups in total. The third-order valence-corrected chi connectivity index (χ3v) is 3.70. The highest BCUT2D eigenvalue weighted by molar-refractivity contribution is 7.80. The summed E-state index contributed by atoms with van der Waals surface area (Å²) in [7, 11) is 0. The molecule has 1 aromatic carbocycles. The lowest BCUT2D eigenvalue weighted by atomic mass is 10.1. The van der Waals surface area contributed by atoms with Gasteiger partial charge in [-0.25, -0.2) is 0 Å². The maximum Gasteiger partial charge on any atom is 0.256 e. The molecule has 3 nitrogen and oxygen atoms in total. The van der Waals surface area contributed by atoms with Crippen LogP contribution in [-0.4, -0.2) is 10.9 Å². The van der Waals surface area contributed by atoms with E-state index in [2.05, 4.69) is 5.32 Å². The number of hydrogen-bond acceptors (Lipinski definition) is 3. The molecule has 0 saturated heterocycles. The van der Waals surface area contributed by atoms with Crippen molar-refractivity contribution in [2.75, 3.05) is 5.32 Å². The topological polar surface area (TPSA) is 55.1 Å². The second kappa shape index (κ2) is 5.95. The van der Waals surface area contributed by atoms with Crippen molar-refractivity contribution in [2.45, 2.75) is 13.3 Å². The van der Waals surface area contributed by atoms with Gasteiger partial charge >= 0.3 is 0 Å². The van der Waals surface area contributed by atoms with E-state index in [0.29, 0.717) is 11.4 Å². The minimum absolute atomic E-state index is 0.0826. The summed E-state index contributed by atoms with van der Waals surface area (Å²) in [6.45, 7) is 1.93. The molecule has 5 heteroatoms. The molecule has 0 bridgehead atoms. The molecule has 0 unspecified atom stereocenters. The minimum Gasteiger partial charge on any atom is -0.393 e. The summed E-state index contributed by atoms with van der Waals surface area (Å²) in [6, 6.07) is 7.53. The molecule has 0 aliphatic heterocycles. The third-order valence-electron chi connectivity index (χ3n) is 2.69. The highest BCUT2D eigenvalue weighted by Gasteiger charge is 2.09. The van der Waals surface area contributed by atoms with Gasteiger partial charge in [0, 0.05) is 17.5 Å². The van der Waals surface area contributed by atoms with E-state index in [1.807, 2.05) is 41.9 Å². The summed E-state index contributed by atoms with van der Waals surface area (Å²) >= 11 is 6.38. The molecule has 2 rings (SSSR count). The largest absolute Gasteiger partial charge is 0.393 e. The van der Waals surface area contributed by atoms with Crippen LogP contribution in [0.3, 0.4) is 0 Å². The van der Waals surface area contributed by atoms with Gasteiger partial charge in [-0.3, -0.25) is 4.79 Å². The second-order valence-corrected chi connectivity index (χ2v) is 5.53. The summed E-state index contributed by atoms with van der Waals surface area (Å²) in [6.07, 6.45) is 0.577. The van der Waals surface area contributed by atoms with E-state index in [4.69, 9.17) is 18.0 Å². The Morgan fingerprint density at radius 3 is 2.53 bits per heavy atom. The molecule has 0 fully saturated rings. The number of thiocarbonyl (C=S) groups is 1. The van der Waals surface area contributed by atoms with Gasteiger partial charge < -0.3 is 11.1 Å². The zero-order valence-corrected chi connectivity index (χ0v) is 12.1. The first-order valence-corrected chi connectivity index (χ1v) is 7.13. The number of carbonyl (C=O) groups is 1. The molecule has 0 atom stereocenters. The fourth-order valence-electron chi connectivity index (χ4n) is 1.70. The van der Waals surface area contributed by atoms with Gasteiger partial charge in [0.15, 0.2) is 0 Å². The summed E-state index contributed by atoms with van der Waals surface area (Å²) in [5, 5.41) is 6.68. The first kappa shape index (κ1) is 13.7. The number of thiophene rings is 1. The van der Waals surface area contributed by atoms with E-state index in [9.17, 15) is 4.79 Å². The van der Waals surface area contributed by atoms with Crippen LogP contribution in [0.1, 0.15) is 21.5 Å². The number of nitrogens with one attached hydrogen (secondary N) is 1. The Hall–Kier alpha value is -1.72. The average molecular weight is 290 g/mol. The molecule has 19 heavy (non-hydrogen) atoms. The molecule has 0 aliphatic rings. The Morgan fingerprint density at radius 1 is 1.32 bits per heavy atom. The van der Waals surface area contributed by atoms with Gasteiger partial charge in [-0.1, -0.05) is 24.4 Å². The molecule has 0 spiro atoms. The van der Waals surface area contributed by atoms with E-state index >= 15 is 0 Å². The standard InChI is InChI=1S/C14H14N2OS2/c1-9-7-19-8-12(9)14(17)16-11-4-2-10(3-5-11)6-13(15)18/h2-5,7-8H,6H2,1H3,(H2,15,18)(H,16,17). The van der Waals surface area contributed by atoms with Gasteiger partial charge in [0.2, 0.25) is 0 Å². The first-order chi connectivity index (χ1) is 9.06. The lowest BCUT2D eigenvalue weighted by Gasteiger charge is -2.06. The van der Waals surface area contributed by atoms with Crippen molar-refractivity contribution in [3.63, 3.8) is 0 Å². The summed E-state index contributed by atoms with van der Waals surface area (Å²) < 4.78 is 0. The molecule has 98 valence electrons. The number of anilines is 1. The van der Waals surface area contributed by atoms with Gasteiger partial charge in [0.05, 0.1) is 10.6 Å². The van der Waals surface area contributed by atoms with Crippen molar-refractivity contribution < 1.29 is 4.79 Å². The van der Waals surface area contributed by atoms with Gasteiger partial charge in [-0.15, -0.1) is 0 Å². The summed E-state index contributed by atoms with van der Waals surface area (Å²) in [4.78, 5) is 12.5. The Balaban J connectivity index is 2.06. The second-order valence-electron chi connectivity index (χ2n) is 4.26. The maximum absolute atomic E-state index is 12.0. The van der Waals surface area contributed by atoms with Crippen molar-refractivity contribution >= 4 is 40.1 Å². The highest BCUT2D eigenvalue weighted by atomic mass is 32.1. The smallest absolute Gasteiger partial charge is 0.256 e. The Labute approximate surface area is 121 Å². The lowest BCUT2D eigenvalue weighted by molar-refractivity contribution is 0.102. The SMILES string of the molecule is Cc1cscc1C(=O)Nc1ccc(CC(N)=S)cc1. The van der Waals surface area contributed by atoms with E-state index in [0.717, 1.165) is 22.4 Å². The maximum atomic E-state index is 12.0. The predicted octanol–water partition coefficient (Wildman–Crippen LogP) is 3.14. The van der Waals surface area contributed by atoms with Crippen molar-refractivity contribution in [3.05, 3.63) is 51.7 Å². The van der Waals surface area contributed by atoms with Crippen molar-refractivity contribution in [2.24, 2.45) is 5.73 Å². The zero-order valence-electron chi connectivity index (χ0n) is 10.5. The first-order valence-electron chi connectivity index (χ1n) is 5.77. The number of rotatable bonds is 4. The van der Waals surface area contributed by atoms with E-state index in [-0.39, 0.29) is 5.91 Å². The number of amides is 1. The Kier molecular flexibility index (Phi) is 4.29. The molecule has 1 amide bonds. The molecule has 2 aromatic rings. The summed E-state index contributed by atoms with van der Waals surface area (Å²) in [5.74, 6) is -0.0826. The molecule has 0 radical (unpaired) electrons. The third kappa shape index (κ3) is 3.62. The molecular weight excluding hydrogens is 276 g/mol. The van der Waals surface area contributed by atoms with E-state index in [1.165, 1.54) is 11.3 Å². The van der Waals surface area contributed by atoms with Crippen molar-refractivity contribution in [3.8, 4) is 0 Å². The average Bonchev–Trinajstić information content (AvgIpc) is 2.77. The lowest BCUT2D eigenvalue weighted by Crippen LogP contribution is -2.13. The van der Waals surface area contributed by atoms with Crippen LogP contribution in [0.4, 0.5) is 5.69 Å². The number of benzene rings is 1. The van der Waals surface area contributed by atoms with Crippen LogP contribution < -0.4 is 11.1 Å². The zero-order chi connectivity index (χ0) is 13.8. The van der Waals surface area contributed by atoms with Gasteiger partial charge in [0.1, 0.15) is 0 Å². The molecule has 1 heterocycles. The van der Waals surface area contributed by atoms with Crippen molar-refractivity contribution in [1.29, 1.82) is 0 Å². The number of hydrogen-bond donors (Lipinski definition) is 2. The van der Waals surface area contributed by atoms with Gasteiger partial charge in [0.25, 0.3) is 5.91 Å². The van der Waals surface area contributed by atoms with E-state index in [1.54, 1.807) is 0 Å². The quantitative estimate of drug-likeness (QED) is 0.851. The number of nitrogens with two attached hydrogens (primary N) is 1. The van der Waals surface area contributed by atoms with Crippen LogP contribution in [0.5, 0.6) is 0 Å². The van der Waals surface area contributed by atoms with Crippen molar-refractivity contribution in [1.82, 2.24) is 0 Å². The van der Waals surface area contributed by atoms with Crippen LogP contribution in [0.2, 0.25) is 0 Å².